The lowest BCUT2D eigenvalue weighted by molar-refractivity contribution is 0.540. The third-order valence-electron chi connectivity index (χ3n) is 2.71. The third-order valence-corrected chi connectivity index (χ3v) is 2.71. The molecule has 0 bridgehead atoms. The Balaban J connectivity index is 0.00000361. The molecule has 0 aliphatic rings. The molecule has 0 radical (unpaired) electrons. The van der Waals surface area contributed by atoms with Gasteiger partial charge in [0.05, 0.1) is 0 Å². The highest BCUT2D eigenvalue weighted by atomic mass is 127. The van der Waals surface area contributed by atoms with Crippen LogP contribution in [0.25, 0.3) is 0 Å². The van der Waals surface area contributed by atoms with Gasteiger partial charge >= 0.3 is 0 Å². The maximum atomic E-state index is 5.73. The summed E-state index contributed by atoms with van der Waals surface area (Å²) in [6, 6.07) is 1.97. The molecule has 0 spiro atoms. The molecule has 0 fully saturated rings. The van der Waals surface area contributed by atoms with Crippen molar-refractivity contribution in [3.8, 4) is 0 Å². The average Bonchev–Trinajstić information content (AvgIpc) is 2.33. The van der Waals surface area contributed by atoms with Gasteiger partial charge in [0, 0.05) is 37.9 Å². The van der Waals surface area contributed by atoms with Crippen molar-refractivity contribution in [1.29, 1.82) is 0 Å². The van der Waals surface area contributed by atoms with E-state index in [1.54, 1.807) is 0 Å². The molecule has 114 valence electrons. The fourth-order valence-electron chi connectivity index (χ4n) is 1.49. The molecule has 0 aliphatic heterocycles. The van der Waals surface area contributed by atoms with Crippen LogP contribution in [0.1, 0.15) is 38.7 Å². The van der Waals surface area contributed by atoms with Crippen molar-refractivity contribution >= 4 is 29.9 Å². The fourth-order valence-corrected chi connectivity index (χ4v) is 1.49. The van der Waals surface area contributed by atoms with Crippen LogP contribution in [0.3, 0.4) is 0 Å². The molecule has 0 unspecified atom stereocenters. The van der Waals surface area contributed by atoms with E-state index in [4.69, 9.17) is 5.73 Å². The van der Waals surface area contributed by atoms with Crippen molar-refractivity contribution in [1.82, 2.24) is 14.9 Å². The van der Waals surface area contributed by atoms with Crippen molar-refractivity contribution in [3.63, 3.8) is 0 Å². The summed E-state index contributed by atoms with van der Waals surface area (Å²) < 4.78 is 0. The van der Waals surface area contributed by atoms with E-state index < -0.39 is 0 Å². The second kappa shape index (κ2) is 8.39. The van der Waals surface area contributed by atoms with Crippen LogP contribution in [0.2, 0.25) is 0 Å². The van der Waals surface area contributed by atoms with Gasteiger partial charge in [0.25, 0.3) is 0 Å². The summed E-state index contributed by atoms with van der Waals surface area (Å²) in [6.45, 7) is 7.08. The van der Waals surface area contributed by atoms with E-state index in [0.717, 1.165) is 30.9 Å². The Morgan fingerprint density at radius 3 is 2.55 bits per heavy atom. The van der Waals surface area contributed by atoms with Gasteiger partial charge in [-0.15, -0.1) is 24.0 Å². The minimum Gasteiger partial charge on any atom is -0.370 e. The van der Waals surface area contributed by atoms with E-state index in [2.05, 4.69) is 35.7 Å². The molecule has 0 aromatic carbocycles. The van der Waals surface area contributed by atoms with E-state index in [1.807, 2.05) is 31.3 Å². The van der Waals surface area contributed by atoms with Gasteiger partial charge in [-0.1, -0.05) is 20.8 Å². The van der Waals surface area contributed by atoms with Crippen LogP contribution in [-0.4, -0.2) is 41.5 Å². The summed E-state index contributed by atoms with van der Waals surface area (Å²) in [5.41, 5.74) is 6.79. The zero-order valence-electron chi connectivity index (χ0n) is 13.1. The number of aromatic nitrogens is 2. The van der Waals surface area contributed by atoms with Crippen molar-refractivity contribution < 1.29 is 0 Å². The first-order chi connectivity index (χ1) is 8.80. The molecular formula is C14H26IN5. The second-order valence-electron chi connectivity index (χ2n) is 5.86. The smallest absolute Gasteiger partial charge is 0.190 e. The number of hydrogen-bond donors (Lipinski definition) is 1. The Bertz CT molecular complexity index is 437. The van der Waals surface area contributed by atoms with E-state index in [0.29, 0.717) is 5.96 Å². The Kier molecular flexibility index (Phi) is 8.00. The Labute approximate surface area is 139 Å². The number of halogens is 1. The Morgan fingerprint density at radius 1 is 1.35 bits per heavy atom. The van der Waals surface area contributed by atoms with Gasteiger partial charge in [-0.25, -0.2) is 9.97 Å². The molecule has 0 saturated heterocycles. The molecule has 6 heteroatoms. The lowest BCUT2D eigenvalue weighted by Crippen LogP contribution is -2.30. The van der Waals surface area contributed by atoms with Gasteiger partial charge in [0.15, 0.2) is 5.96 Å². The van der Waals surface area contributed by atoms with Crippen molar-refractivity contribution in [2.45, 2.75) is 39.0 Å². The summed E-state index contributed by atoms with van der Waals surface area (Å²) in [4.78, 5) is 15.0. The first kappa shape index (κ1) is 19.1. The largest absolute Gasteiger partial charge is 0.370 e. The van der Waals surface area contributed by atoms with Crippen LogP contribution < -0.4 is 5.73 Å². The zero-order chi connectivity index (χ0) is 14.5. The lowest BCUT2D eigenvalue weighted by Gasteiger charge is -2.16. The van der Waals surface area contributed by atoms with Gasteiger partial charge in [-0.3, -0.25) is 4.99 Å². The van der Waals surface area contributed by atoms with E-state index in [1.165, 1.54) is 0 Å². The molecule has 1 aromatic rings. The minimum atomic E-state index is -0.0104. The molecular weight excluding hydrogens is 365 g/mol. The molecule has 1 heterocycles. The van der Waals surface area contributed by atoms with E-state index >= 15 is 0 Å². The Morgan fingerprint density at radius 2 is 2.00 bits per heavy atom. The van der Waals surface area contributed by atoms with Crippen molar-refractivity contribution in [3.05, 3.63) is 23.8 Å². The number of aliphatic imine (C=N–C) groups is 1. The first-order valence-corrected chi connectivity index (χ1v) is 6.60. The summed E-state index contributed by atoms with van der Waals surface area (Å²) in [5.74, 6) is 1.46. The monoisotopic (exact) mass is 391 g/mol. The molecule has 1 rings (SSSR count). The number of nitrogens with zero attached hydrogens (tertiary/aromatic N) is 4. The summed E-state index contributed by atoms with van der Waals surface area (Å²) in [5, 5.41) is 0. The number of rotatable bonds is 4. The van der Waals surface area contributed by atoms with Crippen LogP contribution in [0.4, 0.5) is 0 Å². The maximum absolute atomic E-state index is 5.73. The van der Waals surface area contributed by atoms with Crippen molar-refractivity contribution in [2.75, 3.05) is 20.6 Å². The third kappa shape index (κ3) is 6.49. The highest BCUT2D eigenvalue weighted by molar-refractivity contribution is 14.0. The average molecular weight is 391 g/mol. The van der Waals surface area contributed by atoms with E-state index in [9.17, 15) is 0 Å². The molecule has 0 saturated carbocycles. The van der Waals surface area contributed by atoms with Gasteiger partial charge in [-0.2, -0.15) is 0 Å². The normalized spacial score (nSPS) is 11.9. The van der Waals surface area contributed by atoms with Gasteiger partial charge in [-0.05, 0) is 18.9 Å². The zero-order valence-corrected chi connectivity index (χ0v) is 15.4. The number of aryl methyl sites for hydroxylation is 1. The molecule has 2 N–H and O–H groups in total. The lowest BCUT2D eigenvalue weighted by atomic mass is 9.95. The predicted molar refractivity (Wildman–Crippen MR) is 94.6 cm³/mol. The molecule has 0 atom stereocenters. The van der Waals surface area contributed by atoms with Gasteiger partial charge < -0.3 is 10.6 Å². The minimum absolute atomic E-state index is 0. The number of nitrogens with two attached hydrogens (primary N) is 1. The fraction of sp³-hybridized carbons (Fsp3) is 0.643. The van der Waals surface area contributed by atoms with Crippen LogP contribution in [0, 0.1) is 0 Å². The predicted octanol–water partition coefficient (Wildman–Crippen LogP) is 2.20. The second-order valence-corrected chi connectivity index (χ2v) is 5.86. The maximum Gasteiger partial charge on any atom is 0.190 e. The molecule has 20 heavy (non-hydrogen) atoms. The summed E-state index contributed by atoms with van der Waals surface area (Å²) in [6.07, 6.45) is 3.67. The molecule has 5 nitrogen and oxygen atoms in total. The van der Waals surface area contributed by atoms with Gasteiger partial charge in [0.1, 0.15) is 5.82 Å². The van der Waals surface area contributed by atoms with Crippen LogP contribution in [0.5, 0.6) is 0 Å². The summed E-state index contributed by atoms with van der Waals surface area (Å²) in [7, 11) is 3.78. The SMILES string of the molecule is CN(C)C(N)=NCCCc1ccnc(C(C)(C)C)n1.I. The number of hydrogen-bond acceptors (Lipinski definition) is 3. The molecule has 0 amide bonds. The first-order valence-electron chi connectivity index (χ1n) is 6.60. The standard InChI is InChI=1S/C14H25N5.HI/c1-14(2,3)12-16-10-8-11(18-12)7-6-9-17-13(15)19(4)5;/h8,10H,6-7,9H2,1-5H3,(H2,15,17);1H. The highest BCUT2D eigenvalue weighted by Crippen LogP contribution is 2.17. The summed E-state index contributed by atoms with van der Waals surface area (Å²) >= 11 is 0. The van der Waals surface area contributed by atoms with Crippen LogP contribution in [0.15, 0.2) is 17.3 Å². The van der Waals surface area contributed by atoms with Crippen LogP contribution in [-0.2, 0) is 11.8 Å². The Hall–Kier alpha value is -0.920. The van der Waals surface area contributed by atoms with Crippen LogP contribution >= 0.6 is 24.0 Å². The highest BCUT2D eigenvalue weighted by Gasteiger charge is 2.17. The molecule has 0 aliphatic carbocycles. The van der Waals surface area contributed by atoms with Crippen molar-refractivity contribution in [2.24, 2.45) is 10.7 Å². The van der Waals surface area contributed by atoms with E-state index in [-0.39, 0.29) is 29.4 Å². The van der Waals surface area contributed by atoms with Gasteiger partial charge in [0.2, 0.25) is 0 Å². The topological polar surface area (TPSA) is 67.4 Å². The quantitative estimate of drug-likeness (QED) is 0.370. The molecule has 1 aromatic heterocycles. The number of guanidine groups is 1.